The Balaban J connectivity index is 1.79. The van der Waals surface area contributed by atoms with Crippen molar-refractivity contribution in [2.45, 2.75) is 36.5 Å². The van der Waals surface area contributed by atoms with Crippen LogP contribution in [0.15, 0.2) is 82.6 Å². The van der Waals surface area contributed by atoms with Gasteiger partial charge in [0.05, 0.1) is 23.0 Å². The molecule has 0 bridgehead atoms. The van der Waals surface area contributed by atoms with Crippen LogP contribution >= 0.6 is 0 Å². The van der Waals surface area contributed by atoms with Crippen molar-refractivity contribution in [2.75, 3.05) is 13.2 Å². The fraction of sp³-hybridized carbons (Fsp3) is 0.273. The summed E-state index contributed by atoms with van der Waals surface area (Å²) in [6.45, 7) is 11.3. The maximum Gasteiger partial charge on any atom is 0.296 e. The fourth-order valence-corrected chi connectivity index (χ4v) is 4.27. The predicted molar refractivity (Wildman–Crippen MR) is 116 cm³/mol. The molecule has 0 aliphatic carbocycles. The second-order valence-electron chi connectivity index (χ2n) is 6.89. The Kier molecular flexibility index (Phi) is 8.14. The summed E-state index contributed by atoms with van der Waals surface area (Å²) < 4.78 is 58.8. The van der Waals surface area contributed by atoms with Crippen LogP contribution in [0.4, 0.5) is 0 Å². The van der Waals surface area contributed by atoms with Gasteiger partial charge in [0.15, 0.2) is 0 Å². The van der Waals surface area contributed by atoms with Gasteiger partial charge in [-0.25, -0.2) is 0 Å². The van der Waals surface area contributed by atoms with Gasteiger partial charge in [0.1, 0.15) is 0 Å². The van der Waals surface area contributed by atoms with Gasteiger partial charge in [-0.05, 0) is 51.0 Å². The van der Waals surface area contributed by atoms with Crippen LogP contribution in [0.1, 0.15) is 24.0 Å². The van der Waals surface area contributed by atoms with E-state index >= 15 is 0 Å². The summed E-state index contributed by atoms with van der Waals surface area (Å²) in [5.41, 5.74) is 3.05. The second-order valence-corrected chi connectivity index (χ2v) is 10.1. The lowest BCUT2D eigenvalue weighted by molar-refractivity contribution is 0.315. The monoisotopic (exact) mass is 450 g/mol. The zero-order chi connectivity index (χ0) is 22.4. The first kappa shape index (κ1) is 24.0. The van der Waals surface area contributed by atoms with Gasteiger partial charge in [0, 0.05) is 0 Å². The third kappa shape index (κ3) is 6.91. The molecule has 0 aromatic heterocycles. The Morgan fingerprint density at radius 2 is 0.967 bits per heavy atom. The van der Waals surface area contributed by atoms with Gasteiger partial charge in [-0.1, -0.05) is 59.7 Å². The van der Waals surface area contributed by atoms with Crippen molar-refractivity contribution in [1.29, 1.82) is 0 Å². The summed E-state index contributed by atoms with van der Waals surface area (Å²) in [6.07, 6.45) is 0.489. The van der Waals surface area contributed by atoms with Crippen molar-refractivity contribution in [2.24, 2.45) is 0 Å². The SMILES string of the molecule is C=C(CCOS(=O)(=O)c1ccc(C)cc1)C(=C)CCOS(=O)(=O)c1ccc(C)cc1. The molecule has 2 rings (SSSR count). The fourth-order valence-electron chi connectivity index (χ4n) is 2.45. The first-order chi connectivity index (χ1) is 14.0. The molecule has 2 aromatic carbocycles. The van der Waals surface area contributed by atoms with Gasteiger partial charge in [0.2, 0.25) is 0 Å². The van der Waals surface area contributed by atoms with E-state index in [1.165, 1.54) is 24.3 Å². The minimum absolute atomic E-state index is 0.0867. The molecule has 0 aliphatic rings. The number of hydrogen-bond donors (Lipinski definition) is 0. The first-order valence-corrected chi connectivity index (χ1v) is 12.1. The van der Waals surface area contributed by atoms with Crippen LogP contribution in [0.5, 0.6) is 0 Å². The maximum absolute atomic E-state index is 12.2. The molecule has 162 valence electrons. The van der Waals surface area contributed by atoms with Gasteiger partial charge >= 0.3 is 0 Å². The number of aryl methyl sites for hydroxylation is 2. The number of hydrogen-bond acceptors (Lipinski definition) is 6. The van der Waals surface area contributed by atoms with Crippen LogP contribution in [0.25, 0.3) is 0 Å². The first-order valence-electron chi connectivity index (χ1n) is 9.29. The van der Waals surface area contributed by atoms with E-state index in [-0.39, 0.29) is 35.8 Å². The lowest BCUT2D eigenvalue weighted by Crippen LogP contribution is -2.10. The van der Waals surface area contributed by atoms with E-state index < -0.39 is 20.2 Å². The molecule has 0 radical (unpaired) electrons. The second kappa shape index (κ2) is 10.2. The molecular weight excluding hydrogens is 424 g/mol. The summed E-state index contributed by atoms with van der Waals surface area (Å²) in [5, 5.41) is 0. The van der Waals surface area contributed by atoms with E-state index in [0.717, 1.165) is 11.1 Å². The highest BCUT2D eigenvalue weighted by Crippen LogP contribution is 2.19. The quantitative estimate of drug-likeness (QED) is 0.375. The summed E-state index contributed by atoms with van der Waals surface area (Å²) in [6, 6.07) is 12.7. The normalized spacial score (nSPS) is 11.9. The highest BCUT2D eigenvalue weighted by atomic mass is 32.2. The summed E-state index contributed by atoms with van der Waals surface area (Å²) in [5.74, 6) is 0. The largest absolute Gasteiger partial charge is 0.296 e. The molecule has 0 aliphatic heterocycles. The van der Waals surface area contributed by atoms with Gasteiger partial charge in [-0.2, -0.15) is 16.8 Å². The Labute approximate surface area is 179 Å². The molecule has 0 heterocycles. The van der Waals surface area contributed by atoms with Crippen LogP contribution in [0, 0.1) is 13.8 Å². The van der Waals surface area contributed by atoms with Gasteiger partial charge < -0.3 is 0 Å². The Hall–Kier alpha value is -2.26. The van der Waals surface area contributed by atoms with Crippen molar-refractivity contribution in [3.05, 3.63) is 84.0 Å². The van der Waals surface area contributed by atoms with E-state index in [0.29, 0.717) is 11.1 Å². The van der Waals surface area contributed by atoms with E-state index in [1.54, 1.807) is 24.3 Å². The van der Waals surface area contributed by atoms with E-state index in [1.807, 2.05) is 13.8 Å². The van der Waals surface area contributed by atoms with Crippen LogP contribution in [-0.4, -0.2) is 30.0 Å². The summed E-state index contributed by atoms with van der Waals surface area (Å²) in [7, 11) is -7.69. The Bertz CT molecular complexity index is 1010. The molecule has 0 spiro atoms. The van der Waals surface area contributed by atoms with Crippen LogP contribution < -0.4 is 0 Å². The molecule has 30 heavy (non-hydrogen) atoms. The topological polar surface area (TPSA) is 86.7 Å². The zero-order valence-corrected chi connectivity index (χ0v) is 18.8. The van der Waals surface area contributed by atoms with E-state index in [9.17, 15) is 16.8 Å². The Morgan fingerprint density at radius 1 is 0.667 bits per heavy atom. The summed E-state index contributed by atoms with van der Waals surface area (Å²) in [4.78, 5) is 0.180. The van der Waals surface area contributed by atoms with Crippen molar-refractivity contribution in [3.63, 3.8) is 0 Å². The number of rotatable bonds is 11. The highest BCUT2D eigenvalue weighted by molar-refractivity contribution is 7.87. The third-order valence-corrected chi connectivity index (χ3v) is 7.06. The van der Waals surface area contributed by atoms with Crippen molar-refractivity contribution >= 4 is 20.2 Å². The lowest BCUT2D eigenvalue weighted by atomic mass is 10.0. The molecular formula is C22H26O6S2. The molecule has 0 unspecified atom stereocenters. The molecule has 0 fully saturated rings. The molecule has 8 heteroatoms. The lowest BCUT2D eigenvalue weighted by Gasteiger charge is -2.11. The van der Waals surface area contributed by atoms with E-state index in [4.69, 9.17) is 8.37 Å². The van der Waals surface area contributed by atoms with Gasteiger partial charge in [0.25, 0.3) is 20.2 Å². The molecule has 6 nitrogen and oxygen atoms in total. The molecule has 2 aromatic rings. The Morgan fingerprint density at radius 3 is 1.27 bits per heavy atom. The third-order valence-electron chi connectivity index (χ3n) is 4.40. The highest BCUT2D eigenvalue weighted by Gasteiger charge is 2.16. The average Bonchev–Trinajstić information content (AvgIpc) is 2.68. The van der Waals surface area contributed by atoms with Crippen LogP contribution in [0.3, 0.4) is 0 Å². The smallest absolute Gasteiger partial charge is 0.266 e. The van der Waals surface area contributed by atoms with Crippen molar-refractivity contribution in [1.82, 2.24) is 0 Å². The number of benzene rings is 2. The molecule has 0 amide bonds. The van der Waals surface area contributed by atoms with Crippen molar-refractivity contribution in [3.8, 4) is 0 Å². The minimum atomic E-state index is -3.84. The molecule has 0 atom stereocenters. The van der Waals surface area contributed by atoms with Crippen molar-refractivity contribution < 1.29 is 25.2 Å². The van der Waals surface area contributed by atoms with E-state index in [2.05, 4.69) is 13.2 Å². The van der Waals surface area contributed by atoms with Crippen LogP contribution in [-0.2, 0) is 28.6 Å². The standard InChI is InChI=1S/C22H26O6S2/c1-17-5-9-21(10-6-17)29(23,24)27-15-13-19(3)20(4)14-16-28-30(25,26)22-11-7-18(2)8-12-22/h5-12H,3-4,13-16H2,1-2H3. The maximum atomic E-state index is 12.2. The van der Waals surface area contributed by atoms with Crippen LogP contribution in [0.2, 0.25) is 0 Å². The average molecular weight is 451 g/mol. The van der Waals surface area contributed by atoms with Gasteiger partial charge in [-0.3, -0.25) is 8.37 Å². The minimum Gasteiger partial charge on any atom is -0.266 e. The molecule has 0 saturated heterocycles. The zero-order valence-electron chi connectivity index (χ0n) is 17.1. The molecule has 0 N–H and O–H groups in total. The molecule has 0 saturated carbocycles. The predicted octanol–water partition coefficient (Wildman–Crippen LogP) is 4.31. The van der Waals surface area contributed by atoms with Gasteiger partial charge in [-0.15, -0.1) is 0 Å². The summed E-state index contributed by atoms with van der Waals surface area (Å²) >= 11 is 0.